The van der Waals surface area contributed by atoms with Crippen LogP contribution in [0.4, 0.5) is 0 Å². The highest BCUT2D eigenvalue weighted by atomic mass is 35.7. The Hall–Kier alpha value is -1.49. The van der Waals surface area contributed by atoms with E-state index in [4.69, 9.17) is 16.2 Å². The van der Waals surface area contributed by atoms with Crippen LogP contribution in [0.2, 0.25) is 0 Å². The molecule has 0 N–H and O–H groups in total. The number of hydrogen-bond donors (Lipinski definition) is 0. The maximum atomic E-state index is 11.4. The standard InChI is InChI=1S/C10H7ClN2O3S/c11-17(15,16)10-5-8(14)4-6-3-7(13-12)1-2-9(6)10/h1-2,4H,3,5H2. The van der Waals surface area contributed by atoms with E-state index in [0.717, 1.165) is 0 Å². The first-order chi connectivity index (χ1) is 7.91. The van der Waals surface area contributed by atoms with E-state index in [9.17, 15) is 13.2 Å². The zero-order valence-electron chi connectivity index (χ0n) is 8.55. The second-order valence-corrected chi connectivity index (χ2v) is 6.28. The van der Waals surface area contributed by atoms with Gasteiger partial charge in [-0.15, -0.1) is 0 Å². The van der Waals surface area contributed by atoms with Crippen molar-refractivity contribution < 1.29 is 18.0 Å². The van der Waals surface area contributed by atoms with Crippen molar-refractivity contribution in [1.82, 2.24) is 0 Å². The van der Waals surface area contributed by atoms with Crippen LogP contribution in [-0.4, -0.2) is 24.7 Å². The minimum atomic E-state index is -3.92. The topological polar surface area (TPSA) is 87.6 Å². The summed E-state index contributed by atoms with van der Waals surface area (Å²) in [4.78, 5) is 14.3. The summed E-state index contributed by atoms with van der Waals surface area (Å²) in [6.07, 6.45) is 4.33. The van der Waals surface area contributed by atoms with Gasteiger partial charge >= 0.3 is 0 Å². The lowest BCUT2D eigenvalue weighted by atomic mass is 9.88. The van der Waals surface area contributed by atoms with Crippen LogP contribution in [0, 0.1) is 0 Å². The molecule has 0 bridgehead atoms. The SMILES string of the molecule is [N-]=[N+]=C1C=CC2=C(S(=O)(=O)Cl)CC(=O)C=C2C1. The molecule has 0 spiro atoms. The van der Waals surface area contributed by atoms with Gasteiger partial charge < -0.3 is 5.53 Å². The number of allylic oxidation sites excluding steroid dienone is 6. The number of nitrogens with zero attached hydrogens (tertiary/aromatic N) is 2. The number of halogens is 1. The molecule has 2 aliphatic carbocycles. The van der Waals surface area contributed by atoms with Crippen molar-refractivity contribution in [3.8, 4) is 0 Å². The maximum Gasteiger partial charge on any atom is 0.296 e. The van der Waals surface area contributed by atoms with E-state index in [1.54, 1.807) is 0 Å². The largest absolute Gasteiger partial charge is 0.361 e. The minimum Gasteiger partial charge on any atom is -0.361 e. The Bertz CT molecular complexity index is 649. The summed E-state index contributed by atoms with van der Waals surface area (Å²) < 4.78 is 22.7. The van der Waals surface area contributed by atoms with Crippen LogP contribution in [0.1, 0.15) is 12.8 Å². The summed E-state index contributed by atoms with van der Waals surface area (Å²) in [7, 11) is 1.37. The van der Waals surface area contributed by atoms with E-state index >= 15 is 0 Å². The Labute approximate surface area is 102 Å². The Balaban J connectivity index is 2.67. The van der Waals surface area contributed by atoms with Gasteiger partial charge in [0.25, 0.3) is 14.8 Å². The van der Waals surface area contributed by atoms with Crippen LogP contribution in [0.25, 0.3) is 5.53 Å². The van der Waals surface area contributed by atoms with Crippen LogP contribution >= 0.6 is 10.7 Å². The second kappa shape index (κ2) is 4.07. The van der Waals surface area contributed by atoms with Crippen molar-refractivity contribution in [3.05, 3.63) is 39.8 Å². The molecular weight excluding hydrogens is 264 g/mol. The summed E-state index contributed by atoms with van der Waals surface area (Å²) in [5, 5.41) is 0. The summed E-state index contributed by atoms with van der Waals surface area (Å²) in [5.41, 5.74) is 9.93. The van der Waals surface area contributed by atoms with E-state index in [1.807, 2.05) is 0 Å². The van der Waals surface area contributed by atoms with Gasteiger partial charge in [0.05, 0.1) is 11.3 Å². The summed E-state index contributed by atoms with van der Waals surface area (Å²) in [6.45, 7) is 0. The van der Waals surface area contributed by atoms with Crippen molar-refractivity contribution in [2.75, 3.05) is 0 Å². The van der Waals surface area contributed by atoms with Crippen molar-refractivity contribution in [2.45, 2.75) is 12.8 Å². The minimum absolute atomic E-state index is 0.0880. The number of carbonyl (C=O) groups excluding carboxylic acids is 1. The quantitative estimate of drug-likeness (QED) is 0.409. The lowest BCUT2D eigenvalue weighted by Crippen LogP contribution is -2.16. The average molecular weight is 271 g/mol. The molecule has 5 nitrogen and oxygen atoms in total. The molecule has 0 fully saturated rings. The highest BCUT2D eigenvalue weighted by Crippen LogP contribution is 2.34. The fourth-order valence-electron chi connectivity index (χ4n) is 1.82. The van der Waals surface area contributed by atoms with E-state index in [-0.39, 0.29) is 23.5 Å². The Kier molecular flexibility index (Phi) is 2.87. The Morgan fingerprint density at radius 1 is 1.29 bits per heavy atom. The highest BCUT2D eigenvalue weighted by molar-refractivity contribution is 8.16. The van der Waals surface area contributed by atoms with Gasteiger partial charge in [-0.1, -0.05) is 0 Å². The lowest BCUT2D eigenvalue weighted by molar-refractivity contribution is -0.114. The summed E-state index contributed by atoms with van der Waals surface area (Å²) >= 11 is 0. The Morgan fingerprint density at radius 2 is 2.00 bits per heavy atom. The third kappa shape index (κ3) is 2.29. The van der Waals surface area contributed by atoms with Crippen molar-refractivity contribution >= 4 is 31.2 Å². The first-order valence-electron chi connectivity index (χ1n) is 4.72. The first-order valence-corrected chi connectivity index (χ1v) is 7.03. The molecule has 0 aromatic heterocycles. The predicted molar refractivity (Wildman–Crippen MR) is 61.9 cm³/mol. The number of ketones is 1. The molecule has 0 radical (unpaired) electrons. The van der Waals surface area contributed by atoms with Gasteiger partial charge in [-0.2, -0.15) is 4.79 Å². The average Bonchev–Trinajstić information content (AvgIpc) is 2.25. The number of fused-ring (bicyclic) bond motifs is 1. The molecule has 2 rings (SSSR count). The van der Waals surface area contributed by atoms with Gasteiger partial charge in [0.1, 0.15) is 0 Å². The van der Waals surface area contributed by atoms with Gasteiger partial charge in [-0.25, -0.2) is 8.42 Å². The normalized spacial score (nSPS) is 19.9. The van der Waals surface area contributed by atoms with E-state index < -0.39 is 9.05 Å². The fourth-order valence-corrected chi connectivity index (χ4v) is 3.01. The van der Waals surface area contributed by atoms with Crippen LogP contribution < -0.4 is 0 Å². The summed E-state index contributed by atoms with van der Waals surface area (Å²) in [5.74, 6) is -0.324. The highest BCUT2D eigenvalue weighted by Gasteiger charge is 2.30. The van der Waals surface area contributed by atoms with Gasteiger partial charge in [-0.05, 0) is 23.3 Å². The van der Waals surface area contributed by atoms with E-state index in [2.05, 4.69) is 4.79 Å². The Morgan fingerprint density at radius 3 is 2.59 bits per heavy atom. The molecule has 2 aliphatic rings. The zero-order valence-corrected chi connectivity index (χ0v) is 10.1. The van der Waals surface area contributed by atoms with Gasteiger partial charge in [0.2, 0.25) is 0 Å². The van der Waals surface area contributed by atoms with Gasteiger partial charge in [0, 0.05) is 23.2 Å². The van der Waals surface area contributed by atoms with Crippen LogP contribution in [0.15, 0.2) is 34.3 Å². The molecule has 0 aliphatic heterocycles. The maximum absolute atomic E-state index is 11.4. The van der Waals surface area contributed by atoms with Gasteiger partial charge in [-0.3, -0.25) is 4.79 Å². The first kappa shape index (κ1) is 12.0. The van der Waals surface area contributed by atoms with Crippen LogP contribution in [0.3, 0.4) is 0 Å². The molecule has 17 heavy (non-hydrogen) atoms. The molecule has 0 heterocycles. The monoisotopic (exact) mass is 270 g/mol. The number of carbonyl (C=O) groups is 1. The van der Waals surface area contributed by atoms with Crippen molar-refractivity contribution in [3.63, 3.8) is 0 Å². The number of rotatable bonds is 1. The molecule has 7 heteroatoms. The molecule has 0 aromatic rings. The van der Waals surface area contributed by atoms with E-state index in [0.29, 0.717) is 16.9 Å². The number of hydrogen-bond acceptors (Lipinski definition) is 3. The molecule has 0 aromatic carbocycles. The molecule has 0 atom stereocenters. The fraction of sp³-hybridized carbons (Fsp3) is 0.200. The van der Waals surface area contributed by atoms with Crippen molar-refractivity contribution in [2.24, 2.45) is 0 Å². The second-order valence-electron chi connectivity index (χ2n) is 3.69. The predicted octanol–water partition coefficient (Wildman–Crippen LogP) is 1.34. The van der Waals surface area contributed by atoms with Crippen LogP contribution in [-0.2, 0) is 13.8 Å². The third-order valence-corrected chi connectivity index (χ3v) is 4.06. The smallest absolute Gasteiger partial charge is 0.296 e. The lowest BCUT2D eigenvalue weighted by Gasteiger charge is -2.18. The zero-order chi connectivity index (χ0) is 12.6. The van der Waals surface area contributed by atoms with Crippen LogP contribution in [0.5, 0.6) is 0 Å². The molecule has 0 unspecified atom stereocenters. The molecule has 0 saturated heterocycles. The summed E-state index contributed by atoms with van der Waals surface area (Å²) in [6, 6.07) is 0. The molecule has 0 amide bonds. The molecular formula is C10H7ClN2O3S. The van der Waals surface area contributed by atoms with E-state index in [1.165, 1.54) is 18.2 Å². The van der Waals surface area contributed by atoms with Crippen molar-refractivity contribution in [1.29, 1.82) is 0 Å². The van der Waals surface area contributed by atoms with Gasteiger partial charge in [0.15, 0.2) is 5.78 Å². The molecule has 88 valence electrons. The molecule has 0 saturated carbocycles. The third-order valence-electron chi connectivity index (χ3n) is 2.55.